The van der Waals surface area contributed by atoms with Crippen LogP contribution in [-0.2, 0) is 16.1 Å². The van der Waals surface area contributed by atoms with Gasteiger partial charge in [-0.25, -0.2) is 4.79 Å². The molecule has 0 aliphatic carbocycles. The number of nitrogens with two attached hydrogens (primary N) is 1. The molecular weight excluding hydrogens is 408 g/mol. The minimum Gasteiger partial charge on any atom is -0.450 e. The molecule has 3 amide bonds. The molecule has 0 aromatic heterocycles. The third-order valence-electron chi connectivity index (χ3n) is 5.51. The van der Waals surface area contributed by atoms with Crippen LogP contribution in [-0.4, -0.2) is 79.0 Å². The number of carbonyl (C=O) groups is 3. The summed E-state index contributed by atoms with van der Waals surface area (Å²) in [5.41, 5.74) is 9.05. The number of rotatable bonds is 6. The molecule has 8 nitrogen and oxygen atoms in total. The van der Waals surface area contributed by atoms with Crippen molar-refractivity contribution in [2.75, 3.05) is 46.4 Å². The molecule has 0 spiro atoms. The van der Waals surface area contributed by atoms with Crippen molar-refractivity contribution in [3.05, 3.63) is 59.7 Å². The molecule has 0 bridgehead atoms. The first-order chi connectivity index (χ1) is 15.4. The first kappa shape index (κ1) is 23.3. The molecule has 170 valence electrons. The molecule has 1 heterocycles. The molecule has 1 aliphatic heterocycles. The van der Waals surface area contributed by atoms with Crippen LogP contribution < -0.4 is 5.73 Å². The predicted molar refractivity (Wildman–Crippen MR) is 122 cm³/mol. The Morgan fingerprint density at radius 1 is 0.969 bits per heavy atom. The van der Waals surface area contributed by atoms with Crippen molar-refractivity contribution in [3.8, 4) is 11.1 Å². The average molecular weight is 439 g/mol. The number of likely N-dealkylation sites (N-methyl/N-ethyl adjacent to an activating group) is 1. The molecule has 0 saturated carbocycles. The van der Waals surface area contributed by atoms with E-state index in [0.29, 0.717) is 44.9 Å². The van der Waals surface area contributed by atoms with E-state index in [-0.39, 0.29) is 24.5 Å². The summed E-state index contributed by atoms with van der Waals surface area (Å²) in [5.74, 6) is -0.155. The van der Waals surface area contributed by atoms with E-state index in [2.05, 4.69) is 0 Å². The van der Waals surface area contributed by atoms with E-state index in [0.717, 1.165) is 16.7 Å². The van der Waals surface area contributed by atoms with E-state index in [9.17, 15) is 14.4 Å². The lowest BCUT2D eigenvalue weighted by molar-refractivity contribution is -0.128. The third-order valence-corrected chi connectivity index (χ3v) is 5.51. The van der Waals surface area contributed by atoms with Crippen molar-refractivity contribution in [1.82, 2.24) is 14.7 Å². The van der Waals surface area contributed by atoms with Crippen molar-refractivity contribution in [2.24, 2.45) is 5.73 Å². The number of nitrogens with zero attached hydrogens (tertiary/aromatic N) is 3. The van der Waals surface area contributed by atoms with E-state index >= 15 is 0 Å². The summed E-state index contributed by atoms with van der Waals surface area (Å²) in [6.07, 6.45) is -0.329. The summed E-state index contributed by atoms with van der Waals surface area (Å²) in [5, 5.41) is 0. The fourth-order valence-corrected chi connectivity index (χ4v) is 3.66. The van der Waals surface area contributed by atoms with Gasteiger partial charge >= 0.3 is 6.09 Å². The Labute approximate surface area is 188 Å². The Hall–Kier alpha value is -3.39. The van der Waals surface area contributed by atoms with Crippen LogP contribution in [0.1, 0.15) is 22.8 Å². The van der Waals surface area contributed by atoms with E-state index in [1.807, 2.05) is 48.5 Å². The maximum atomic E-state index is 12.9. The van der Waals surface area contributed by atoms with Gasteiger partial charge in [0, 0.05) is 45.3 Å². The summed E-state index contributed by atoms with van der Waals surface area (Å²) in [6.45, 7) is 4.50. The highest BCUT2D eigenvalue weighted by Crippen LogP contribution is 2.22. The molecule has 1 aliphatic rings. The van der Waals surface area contributed by atoms with Crippen LogP contribution in [0, 0.1) is 0 Å². The van der Waals surface area contributed by atoms with Crippen LogP contribution in [0.3, 0.4) is 0 Å². The second-order valence-corrected chi connectivity index (χ2v) is 7.71. The smallest absolute Gasteiger partial charge is 0.409 e. The highest BCUT2D eigenvalue weighted by atomic mass is 16.6. The zero-order chi connectivity index (χ0) is 23.1. The Morgan fingerprint density at radius 2 is 1.62 bits per heavy atom. The molecule has 1 fully saturated rings. The van der Waals surface area contributed by atoms with Gasteiger partial charge in [0.15, 0.2) is 0 Å². The van der Waals surface area contributed by atoms with Crippen molar-refractivity contribution >= 4 is 17.9 Å². The zero-order valence-electron chi connectivity index (χ0n) is 18.6. The Kier molecular flexibility index (Phi) is 7.83. The van der Waals surface area contributed by atoms with Gasteiger partial charge in [-0.1, -0.05) is 30.3 Å². The van der Waals surface area contributed by atoms with Crippen molar-refractivity contribution in [3.63, 3.8) is 0 Å². The molecule has 2 aromatic carbocycles. The van der Waals surface area contributed by atoms with Gasteiger partial charge in [-0.2, -0.15) is 0 Å². The van der Waals surface area contributed by atoms with Gasteiger partial charge in [0.1, 0.15) is 0 Å². The van der Waals surface area contributed by atoms with Gasteiger partial charge < -0.3 is 25.2 Å². The Balaban J connectivity index is 1.63. The molecule has 0 radical (unpaired) electrons. The normalized spacial score (nSPS) is 13.6. The maximum Gasteiger partial charge on any atom is 0.409 e. The Bertz CT molecular complexity index is 953. The molecule has 1 saturated heterocycles. The number of ether oxygens (including phenoxy) is 1. The van der Waals surface area contributed by atoms with Crippen molar-refractivity contribution in [1.29, 1.82) is 0 Å². The SMILES string of the molecule is CCOC(=O)N1CCN(C(=O)c2ccc(-c3cccc(CN(C)C(=O)CN)c3)cc2)CC1. The fourth-order valence-electron chi connectivity index (χ4n) is 3.66. The highest BCUT2D eigenvalue weighted by Gasteiger charge is 2.25. The van der Waals surface area contributed by atoms with Gasteiger partial charge in [-0.15, -0.1) is 0 Å². The summed E-state index contributed by atoms with van der Waals surface area (Å²) in [4.78, 5) is 41.4. The second kappa shape index (κ2) is 10.8. The Morgan fingerprint density at radius 3 is 2.25 bits per heavy atom. The molecule has 3 rings (SSSR count). The molecule has 2 aromatic rings. The monoisotopic (exact) mass is 438 g/mol. The molecular formula is C24H30N4O4. The number of piperazine rings is 1. The predicted octanol–water partition coefficient (Wildman–Crippen LogP) is 2.18. The number of hydrogen-bond acceptors (Lipinski definition) is 5. The largest absolute Gasteiger partial charge is 0.450 e. The summed E-state index contributed by atoms with van der Waals surface area (Å²) in [6, 6.07) is 15.5. The number of carbonyl (C=O) groups excluding carboxylic acids is 3. The van der Waals surface area contributed by atoms with Crippen molar-refractivity contribution in [2.45, 2.75) is 13.5 Å². The van der Waals surface area contributed by atoms with Crippen LogP contribution in [0.25, 0.3) is 11.1 Å². The summed E-state index contributed by atoms with van der Waals surface area (Å²) in [7, 11) is 1.73. The topological polar surface area (TPSA) is 96.2 Å². The van der Waals surface area contributed by atoms with Crippen LogP contribution in [0.2, 0.25) is 0 Å². The molecule has 0 atom stereocenters. The lowest BCUT2D eigenvalue weighted by Crippen LogP contribution is -2.50. The quantitative estimate of drug-likeness (QED) is 0.746. The number of benzene rings is 2. The molecule has 32 heavy (non-hydrogen) atoms. The van der Waals surface area contributed by atoms with Crippen LogP contribution in [0.4, 0.5) is 4.79 Å². The minimum absolute atomic E-state index is 0.0104. The van der Waals surface area contributed by atoms with Crippen LogP contribution in [0.5, 0.6) is 0 Å². The number of hydrogen-bond donors (Lipinski definition) is 1. The van der Waals surface area contributed by atoms with Crippen LogP contribution >= 0.6 is 0 Å². The standard InChI is InChI=1S/C24H30N4O4/c1-3-32-24(31)28-13-11-27(12-14-28)23(30)20-9-7-19(8-10-20)21-6-4-5-18(15-21)17-26(2)22(29)16-25/h4-10,15H,3,11-14,16-17,25H2,1-2H3. The minimum atomic E-state index is -0.329. The van der Waals surface area contributed by atoms with Gasteiger partial charge in [-0.05, 0) is 41.8 Å². The maximum absolute atomic E-state index is 12.9. The lowest BCUT2D eigenvalue weighted by Gasteiger charge is -2.34. The van der Waals surface area contributed by atoms with Gasteiger partial charge in [-0.3, -0.25) is 9.59 Å². The van der Waals surface area contributed by atoms with E-state index in [1.54, 1.807) is 28.7 Å². The molecule has 0 unspecified atom stereocenters. The highest BCUT2D eigenvalue weighted by molar-refractivity contribution is 5.95. The first-order valence-electron chi connectivity index (χ1n) is 10.8. The first-order valence-corrected chi connectivity index (χ1v) is 10.8. The van der Waals surface area contributed by atoms with E-state index in [4.69, 9.17) is 10.5 Å². The lowest BCUT2D eigenvalue weighted by atomic mass is 10.0. The van der Waals surface area contributed by atoms with Crippen LogP contribution in [0.15, 0.2) is 48.5 Å². The van der Waals surface area contributed by atoms with Gasteiger partial charge in [0.05, 0.1) is 13.2 Å². The van der Waals surface area contributed by atoms with Gasteiger partial charge in [0.2, 0.25) is 5.91 Å². The van der Waals surface area contributed by atoms with E-state index in [1.165, 1.54) is 0 Å². The summed E-state index contributed by atoms with van der Waals surface area (Å²) < 4.78 is 5.02. The van der Waals surface area contributed by atoms with Crippen molar-refractivity contribution < 1.29 is 19.1 Å². The number of amides is 3. The molecule has 2 N–H and O–H groups in total. The third kappa shape index (κ3) is 5.64. The van der Waals surface area contributed by atoms with E-state index < -0.39 is 0 Å². The summed E-state index contributed by atoms with van der Waals surface area (Å²) >= 11 is 0. The zero-order valence-corrected chi connectivity index (χ0v) is 18.6. The van der Waals surface area contributed by atoms with Gasteiger partial charge in [0.25, 0.3) is 5.91 Å². The molecule has 8 heteroatoms. The average Bonchev–Trinajstić information content (AvgIpc) is 2.83. The second-order valence-electron chi connectivity index (χ2n) is 7.71. The fraction of sp³-hybridized carbons (Fsp3) is 0.375.